The van der Waals surface area contributed by atoms with Gasteiger partial charge in [0.15, 0.2) is 0 Å². The van der Waals surface area contributed by atoms with Gasteiger partial charge in [-0.1, -0.05) is 6.07 Å². The number of hydrogen-bond acceptors (Lipinski definition) is 4. The maximum absolute atomic E-state index is 13.0. The van der Waals surface area contributed by atoms with Gasteiger partial charge in [0.05, 0.1) is 0 Å². The van der Waals surface area contributed by atoms with E-state index in [9.17, 15) is 9.18 Å². The molecule has 2 rings (SSSR count). The van der Waals surface area contributed by atoms with E-state index < -0.39 is 11.9 Å². The summed E-state index contributed by atoms with van der Waals surface area (Å²) in [6.45, 7) is 0.165. The van der Waals surface area contributed by atoms with Crippen molar-refractivity contribution >= 4 is 17.4 Å². The first-order chi connectivity index (χ1) is 9.58. The molecule has 0 aliphatic rings. The maximum atomic E-state index is 13.0. The smallest absolute Gasteiger partial charge is 0.236 e. The zero-order valence-corrected chi connectivity index (χ0v) is 10.7. The minimum Gasteiger partial charge on any atom is -0.368 e. The number of halogens is 1. The van der Waals surface area contributed by atoms with Crippen LogP contribution in [0.5, 0.6) is 0 Å². The molecule has 0 aliphatic heterocycles. The first-order valence-electron chi connectivity index (χ1n) is 6.07. The molecular weight excluding hydrogens is 259 g/mol. The Hall–Kier alpha value is -2.47. The summed E-state index contributed by atoms with van der Waals surface area (Å²) in [7, 11) is 0. The van der Waals surface area contributed by atoms with Gasteiger partial charge in [0, 0.05) is 18.4 Å². The van der Waals surface area contributed by atoms with Crippen LogP contribution in [0.3, 0.4) is 0 Å². The minimum absolute atomic E-state index is 0.165. The fourth-order valence-corrected chi connectivity index (χ4v) is 1.75. The van der Waals surface area contributed by atoms with Crippen LogP contribution in [0, 0.1) is 5.82 Å². The largest absolute Gasteiger partial charge is 0.368 e. The van der Waals surface area contributed by atoms with E-state index in [-0.39, 0.29) is 12.4 Å². The summed E-state index contributed by atoms with van der Waals surface area (Å²) in [4.78, 5) is 17.1. The summed E-state index contributed by atoms with van der Waals surface area (Å²) in [5.74, 6) is -0.335. The third-order valence-electron chi connectivity index (χ3n) is 2.81. The fourth-order valence-electron chi connectivity index (χ4n) is 1.75. The normalized spacial score (nSPS) is 11.9. The lowest BCUT2D eigenvalue weighted by atomic mass is 10.2. The van der Waals surface area contributed by atoms with Crippen LogP contribution in [0.4, 0.5) is 15.9 Å². The highest BCUT2D eigenvalue weighted by Crippen LogP contribution is 2.23. The van der Waals surface area contributed by atoms with Crippen molar-refractivity contribution in [2.45, 2.75) is 6.04 Å². The number of carbonyl (C=O) groups is 1. The van der Waals surface area contributed by atoms with Crippen LogP contribution >= 0.6 is 0 Å². The molecule has 104 valence electrons. The summed E-state index contributed by atoms with van der Waals surface area (Å²) >= 11 is 0. The Morgan fingerprint density at radius 1 is 1.25 bits per heavy atom. The van der Waals surface area contributed by atoms with Crippen molar-refractivity contribution in [3.63, 3.8) is 0 Å². The molecule has 1 aromatic carbocycles. The number of benzene rings is 1. The zero-order chi connectivity index (χ0) is 14.5. The maximum Gasteiger partial charge on any atom is 0.236 e. The zero-order valence-electron chi connectivity index (χ0n) is 10.7. The van der Waals surface area contributed by atoms with Gasteiger partial charge in [-0.05, 0) is 36.4 Å². The fraction of sp³-hybridized carbons (Fsp3) is 0.143. The molecule has 0 radical (unpaired) electrons. The van der Waals surface area contributed by atoms with Crippen LogP contribution in [0.25, 0.3) is 0 Å². The summed E-state index contributed by atoms with van der Waals surface area (Å²) < 4.78 is 13.0. The second-order valence-corrected chi connectivity index (χ2v) is 4.28. The van der Waals surface area contributed by atoms with Crippen LogP contribution in [0.15, 0.2) is 48.7 Å². The second-order valence-electron chi connectivity index (χ2n) is 4.28. The first kappa shape index (κ1) is 14.0. The SMILES string of the molecule is NC(=O)C(N)CN(c1ccc(F)cc1)c1ccccn1. The number of hydrogen-bond donors (Lipinski definition) is 2. The molecule has 0 bridgehead atoms. The molecule has 20 heavy (non-hydrogen) atoms. The number of anilines is 2. The number of pyridine rings is 1. The van der Waals surface area contributed by atoms with Crippen molar-refractivity contribution in [3.05, 3.63) is 54.5 Å². The summed E-state index contributed by atoms with van der Waals surface area (Å²) in [5.41, 5.74) is 11.6. The molecule has 1 amide bonds. The molecule has 0 spiro atoms. The molecule has 0 saturated carbocycles. The molecule has 2 aromatic rings. The number of nitrogens with zero attached hydrogens (tertiary/aromatic N) is 2. The molecule has 1 aromatic heterocycles. The van der Waals surface area contributed by atoms with E-state index in [4.69, 9.17) is 11.5 Å². The predicted molar refractivity (Wildman–Crippen MR) is 74.8 cm³/mol. The van der Waals surface area contributed by atoms with Crippen molar-refractivity contribution in [2.75, 3.05) is 11.4 Å². The van der Waals surface area contributed by atoms with Gasteiger partial charge >= 0.3 is 0 Å². The van der Waals surface area contributed by atoms with E-state index in [1.54, 1.807) is 35.4 Å². The van der Waals surface area contributed by atoms with Crippen LogP contribution < -0.4 is 16.4 Å². The van der Waals surface area contributed by atoms with E-state index in [1.165, 1.54) is 12.1 Å². The van der Waals surface area contributed by atoms with Crippen LogP contribution in [-0.2, 0) is 4.79 Å². The van der Waals surface area contributed by atoms with Gasteiger partial charge in [-0.2, -0.15) is 0 Å². The minimum atomic E-state index is -0.845. The molecular formula is C14H15FN4O. The van der Waals surface area contributed by atoms with Crippen LogP contribution in [-0.4, -0.2) is 23.5 Å². The number of carbonyl (C=O) groups excluding carboxylic acids is 1. The monoisotopic (exact) mass is 274 g/mol. The lowest BCUT2D eigenvalue weighted by Crippen LogP contribution is -2.44. The summed E-state index contributed by atoms with van der Waals surface area (Å²) in [6.07, 6.45) is 1.63. The Morgan fingerprint density at radius 3 is 2.50 bits per heavy atom. The van der Waals surface area contributed by atoms with Crippen molar-refractivity contribution in [1.29, 1.82) is 0 Å². The molecule has 5 nitrogen and oxygen atoms in total. The van der Waals surface area contributed by atoms with Crippen LogP contribution in [0.2, 0.25) is 0 Å². The molecule has 6 heteroatoms. The Balaban J connectivity index is 2.34. The van der Waals surface area contributed by atoms with Gasteiger partial charge in [-0.15, -0.1) is 0 Å². The van der Waals surface area contributed by atoms with Crippen LogP contribution in [0.1, 0.15) is 0 Å². The highest BCUT2D eigenvalue weighted by atomic mass is 19.1. The lowest BCUT2D eigenvalue weighted by molar-refractivity contribution is -0.119. The molecule has 0 saturated heterocycles. The molecule has 0 aliphatic carbocycles. The lowest BCUT2D eigenvalue weighted by Gasteiger charge is -2.25. The Kier molecular flexibility index (Phi) is 4.27. The van der Waals surface area contributed by atoms with Crippen molar-refractivity contribution in [1.82, 2.24) is 4.98 Å². The van der Waals surface area contributed by atoms with Gasteiger partial charge in [0.1, 0.15) is 17.7 Å². The second kappa shape index (κ2) is 6.12. The van der Waals surface area contributed by atoms with Crippen molar-refractivity contribution in [2.24, 2.45) is 11.5 Å². The highest BCUT2D eigenvalue weighted by molar-refractivity contribution is 5.81. The molecule has 1 unspecified atom stereocenters. The summed E-state index contributed by atoms with van der Waals surface area (Å²) in [6, 6.07) is 10.4. The standard InChI is InChI=1S/C14H15FN4O/c15-10-4-6-11(7-5-10)19(9-12(16)14(17)20)13-3-1-2-8-18-13/h1-8,12H,9,16H2,(H2,17,20). The van der Waals surface area contributed by atoms with Gasteiger partial charge in [-0.3, -0.25) is 4.79 Å². The van der Waals surface area contributed by atoms with Crippen molar-refractivity contribution in [3.8, 4) is 0 Å². The first-order valence-corrected chi connectivity index (χ1v) is 6.07. The molecule has 1 atom stereocenters. The molecule has 0 fully saturated rings. The number of rotatable bonds is 5. The predicted octanol–water partition coefficient (Wildman–Crippen LogP) is 1.17. The number of primary amides is 1. The average molecular weight is 274 g/mol. The Labute approximate surface area is 116 Å². The van der Waals surface area contributed by atoms with E-state index in [0.29, 0.717) is 11.5 Å². The molecule has 4 N–H and O–H groups in total. The quantitative estimate of drug-likeness (QED) is 0.857. The molecule has 1 heterocycles. The van der Waals surface area contributed by atoms with Gasteiger partial charge in [0.2, 0.25) is 5.91 Å². The number of amides is 1. The number of nitrogens with two attached hydrogens (primary N) is 2. The van der Waals surface area contributed by atoms with E-state index in [2.05, 4.69) is 4.98 Å². The topological polar surface area (TPSA) is 85.2 Å². The average Bonchev–Trinajstić information content (AvgIpc) is 2.46. The third-order valence-corrected chi connectivity index (χ3v) is 2.81. The Morgan fingerprint density at radius 2 is 1.95 bits per heavy atom. The number of aromatic nitrogens is 1. The van der Waals surface area contributed by atoms with E-state index in [1.807, 2.05) is 6.07 Å². The summed E-state index contributed by atoms with van der Waals surface area (Å²) in [5, 5.41) is 0. The van der Waals surface area contributed by atoms with Gasteiger partial charge < -0.3 is 16.4 Å². The highest BCUT2D eigenvalue weighted by Gasteiger charge is 2.18. The van der Waals surface area contributed by atoms with E-state index >= 15 is 0 Å². The van der Waals surface area contributed by atoms with Gasteiger partial charge in [0.25, 0.3) is 0 Å². The third kappa shape index (κ3) is 3.30. The Bertz CT molecular complexity index is 573. The van der Waals surface area contributed by atoms with Gasteiger partial charge in [-0.25, -0.2) is 9.37 Å². The van der Waals surface area contributed by atoms with E-state index in [0.717, 1.165) is 0 Å². The van der Waals surface area contributed by atoms with Crippen molar-refractivity contribution < 1.29 is 9.18 Å².